The van der Waals surface area contributed by atoms with Crippen molar-refractivity contribution in [2.45, 2.75) is 36.9 Å². The van der Waals surface area contributed by atoms with Crippen LogP contribution >= 0.6 is 11.3 Å². The molecule has 10 nitrogen and oxygen atoms in total. The molecule has 13 heteroatoms. The monoisotopic (exact) mass is 558 g/mol. The van der Waals surface area contributed by atoms with Crippen LogP contribution in [0.4, 0.5) is 9.18 Å². The van der Waals surface area contributed by atoms with Crippen LogP contribution < -0.4 is 9.74 Å². The minimum atomic E-state index is -4.23. The molecule has 1 aliphatic heterocycles. The van der Waals surface area contributed by atoms with Gasteiger partial charge in [0.1, 0.15) is 11.5 Å². The van der Waals surface area contributed by atoms with Crippen molar-refractivity contribution < 1.29 is 26.5 Å². The number of piperidine rings is 1. The van der Waals surface area contributed by atoms with E-state index in [9.17, 15) is 18.0 Å². The second-order valence-corrected chi connectivity index (χ2v) is 11.4. The molecule has 0 saturated carbocycles. The van der Waals surface area contributed by atoms with Gasteiger partial charge in [-0.3, -0.25) is 4.79 Å². The van der Waals surface area contributed by atoms with Crippen LogP contribution in [0.2, 0.25) is 0 Å². The molecule has 3 heterocycles. The highest BCUT2D eigenvalue weighted by Gasteiger charge is 2.41. The van der Waals surface area contributed by atoms with E-state index in [2.05, 4.69) is 10.1 Å². The third-order valence-electron chi connectivity index (χ3n) is 6.13. The molecule has 0 radical (unpaired) electrons. The van der Waals surface area contributed by atoms with Crippen molar-refractivity contribution >= 4 is 32.5 Å². The van der Waals surface area contributed by atoms with Crippen molar-refractivity contribution in [2.24, 2.45) is 0 Å². The van der Waals surface area contributed by atoms with Gasteiger partial charge in [0.2, 0.25) is 10.8 Å². The molecular weight excluding hydrogens is 535 g/mol. The molecule has 1 amide bonds. The van der Waals surface area contributed by atoms with E-state index in [1.165, 1.54) is 17.0 Å². The van der Waals surface area contributed by atoms with Crippen LogP contribution in [-0.4, -0.2) is 47.1 Å². The summed E-state index contributed by atoms with van der Waals surface area (Å²) in [4.78, 5) is 30.4. The average molecular weight is 559 g/mol. The van der Waals surface area contributed by atoms with Gasteiger partial charge in [-0.1, -0.05) is 59.4 Å². The second kappa shape index (κ2) is 10.1. The zero-order chi connectivity index (χ0) is 26.9. The van der Waals surface area contributed by atoms with Crippen LogP contribution in [0.5, 0.6) is 5.88 Å². The highest BCUT2D eigenvalue weighted by Crippen LogP contribution is 2.39. The van der Waals surface area contributed by atoms with Gasteiger partial charge in [0.15, 0.2) is 10.7 Å². The van der Waals surface area contributed by atoms with E-state index in [0.717, 1.165) is 33.0 Å². The van der Waals surface area contributed by atoms with Crippen LogP contribution in [0.15, 0.2) is 70.4 Å². The second-order valence-electron chi connectivity index (χ2n) is 8.88. The number of alkyl halides is 1. The van der Waals surface area contributed by atoms with Crippen LogP contribution in [0, 0.1) is 6.92 Å². The lowest BCUT2D eigenvalue weighted by molar-refractivity contribution is 0.0386. The van der Waals surface area contributed by atoms with Gasteiger partial charge in [0.05, 0.1) is 6.07 Å². The van der Waals surface area contributed by atoms with Gasteiger partial charge >= 0.3 is 16.2 Å². The fourth-order valence-electron chi connectivity index (χ4n) is 3.95. The number of amides is 1. The number of ether oxygens (including phenoxy) is 1. The molecule has 4 aromatic rings. The first-order valence-corrected chi connectivity index (χ1v) is 13.9. The Morgan fingerprint density at radius 3 is 2.47 bits per heavy atom. The Morgan fingerprint density at radius 2 is 1.79 bits per heavy atom. The standard InChI is InChI=1S/C25H23FN4O6S2/c1-17-7-9-19(10-8-17)38(33,34)36-20-15-21(31)30-23(27-20)37-22(28-30)25(26)11-13-29(14-12-25)24(32)35-16-18-5-3-2-4-6-18/h2-10,15H,11-14,16H2,1H3. The Kier molecular flexibility index (Phi) is 6.88. The van der Waals surface area contributed by atoms with Gasteiger partial charge in [-0.25, -0.2) is 9.18 Å². The number of carbonyl (C=O) groups is 1. The Hall–Kier alpha value is -3.84. The van der Waals surface area contributed by atoms with E-state index in [1.807, 2.05) is 37.3 Å². The van der Waals surface area contributed by atoms with Crippen molar-refractivity contribution in [3.05, 3.63) is 87.2 Å². The number of nitrogens with zero attached hydrogens (tertiary/aromatic N) is 4. The molecule has 1 fully saturated rings. The summed E-state index contributed by atoms with van der Waals surface area (Å²) in [6.07, 6.45) is -0.630. The first-order chi connectivity index (χ1) is 18.1. The zero-order valence-corrected chi connectivity index (χ0v) is 21.9. The first-order valence-electron chi connectivity index (χ1n) is 11.7. The maximum Gasteiger partial charge on any atom is 0.410 e. The molecule has 0 atom stereocenters. The lowest BCUT2D eigenvalue weighted by Gasteiger charge is -2.34. The molecule has 0 spiro atoms. The Bertz CT molecular complexity index is 1630. The zero-order valence-electron chi connectivity index (χ0n) is 20.2. The van der Waals surface area contributed by atoms with E-state index in [0.29, 0.717) is 0 Å². The van der Waals surface area contributed by atoms with Crippen LogP contribution in [0.25, 0.3) is 4.96 Å². The van der Waals surface area contributed by atoms with E-state index in [4.69, 9.17) is 8.92 Å². The molecule has 0 unspecified atom stereocenters. The SMILES string of the molecule is Cc1ccc(S(=O)(=O)Oc2cc(=O)n3nc(C4(F)CCN(C(=O)OCc5ccccc5)CC4)sc3n2)cc1. The molecule has 198 valence electrons. The normalized spacial score (nSPS) is 15.4. The van der Waals surface area contributed by atoms with Crippen LogP contribution in [0.1, 0.15) is 29.0 Å². The number of carbonyl (C=O) groups excluding carboxylic acids is 1. The number of fused-ring (bicyclic) bond motifs is 1. The summed E-state index contributed by atoms with van der Waals surface area (Å²) >= 11 is 0.828. The quantitative estimate of drug-likeness (QED) is 0.328. The van der Waals surface area contributed by atoms with E-state index in [-0.39, 0.29) is 47.4 Å². The topological polar surface area (TPSA) is 120 Å². The molecule has 0 aliphatic carbocycles. The summed E-state index contributed by atoms with van der Waals surface area (Å²) in [5.41, 5.74) is -0.887. The number of likely N-dealkylation sites (tertiary alicyclic amines) is 1. The minimum absolute atomic E-state index is 0.0108. The van der Waals surface area contributed by atoms with Gasteiger partial charge in [0, 0.05) is 25.9 Å². The van der Waals surface area contributed by atoms with Gasteiger partial charge in [-0.05, 0) is 24.6 Å². The molecule has 5 rings (SSSR count). The summed E-state index contributed by atoms with van der Waals surface area (Å²) < 4.78 is 52.4. The highest BCUT2D eigenvalue weighted by atomic mass is 32.2. The Balaban J connectivity index is 1.28. The molecule has 0 bridgehead atoms. The summed E-state index contributed by atoms with van der Waals surface area (Å²) in [7, 11) is -4.23. The molecule has 2 aromatic heterocycles. The van der Waals surface area contributed by atoms with Crippen molar-refractivity contribution in [3.63, 3.8) is 0 Å². The fraction of sp³-hybridized carbons (Fsp3) is 0.280. The largest absolute Gasteiger partial charge is 0.445 e. The summed E-state index contributed by atoms with van der Waals surface area (Å²) in [6, 6.07) is 16.1. The highest BCUT2D eigenvalue weighted by molar-refractivity contribution is 7.87. The summed E-state index contributed by atoms with van der Waals surface area (Å²) in [5.74, 6) is -0.435. The average Bonchev–Trinajstić information content (AvgIpc) is 3.34. The number of aromatic nitrogens is 3. The minimum Gasteiger partial charge on any atom is -0.445 e. The predicted molar refractivity (Wildman–Crippen MR) is 136 cm³/mol. The van der Waals surface area contributed by atoms with Crippen molar-refractivity contribution in [1.29, 1.82) is 0 Å². The molecule has 1 aliphatic rings. The lowest BCUT2D eigenvalue weighted by Crippen LogP contribution is -2.43. The molecule has 38 heavy (non-hydrogen) atoms. The van der Waals surface area contributed by atoms with Gasteiger partial charge in [-0.15, -0.1) is 0 Å². The number of halogens is 1. The van der Waals surface area contributed by atoms with Gasteiger partial charge in [-0.2, -0.15) is 23.0 Å². The summed E-state index contributed by atoms with van der Waals surface area (Å²) in [5, 5.41) is 4.12. The third-order valence-corrected chi connectivity index (χ3v) is 8.46. The van der Waals surface area contributed by atoms with Crippen LogP contribution in [-0.2, 0) is 27.1 Å². The van der Waals surface area contributed by atoms with Crippen molar-refractivity contribution in [2.75, 3.05) is 13.1 Å². The third kappa shape index (κ3) is 5.38. The molecule has 2 aromatic carbocycles. The van der Waals surface area contributed by atoms with Crippen molar-refractivity contribution in [3.8, 4) is 5.88 Å². The van der Waals surface area contributed by atoms with Gasteiger partial charge in [0.25, 0.3) is 5.56 Å². The summed E-state index contributed by atoms with van der Waals surface area (Å²) in [6.45, 7) is 2.14. The fourth-order valence-corrected chi connectivity index (χ4v) is 5.86. The lowest BCUT2D eigenvalue weighted by atomic mass is 9.94. The smallest absolute Gasteiger partial charge is 0.410 e. The molecule has 1 saturated heterocycles. The van der Waals surface area contributed by atoms with E-state index in [1.54, 1.807) is 12.1 Å². The van der Waals surface area contributed by atoms with Crippen LogP contribution in [0.3, 0.4) is 0 Å². The molecule has 0 N–H and O–H groups in total. The van der Waals surface area contributed by atoms with Gasteiger partial charge < -0.3 is 13.8 Å². The van der Waals surface area contributed by atoms with E-state index >= 15 is 4.39 Å². The number of hydrogen-bond donors (Lipinski definition) is 0. The molecular formula is C25H23FN4O6S2. The maximum atomic E-state index is 15.9. The maximum absolute atomic E-state index is 15.9. The Morgan fingerprint density at radius 1 is 1.11 bits per heavy atom. The van der Waals surface area contributed by atoms with E-state index < -0.39 is 33.3 Å². The first kappa shape index (κ1) is 25.8. The Labute approximate surface area is 221 Å². The number of benzene rings is 2. The van der Waals surface area contributed by atoms with Crippen molar-refractivity contribution in [1.82, 2.24) is 19.5 Å². The number of rotatable bonds is 6. The number of aryl methyl sites for hydroxylation is 1. The predicted octanol–water partition coefficient (Wildman–Crippen LogP) is 3.82. The number of hydrogen-bond acceptors (Lipinski definition) is 9.